The monoisotopic (exact) mass is 526 g/mol. The molecule has 0 aliphatic heterocycles. The van der Waals surface area contributed by atoms with E-state index in [0.29, 0.717) is 43.2 Å². The minimum atomic E-state index is -0.900. The summed E-state index contributed by atoms with van der Waals surface area (Å²) in [6.45, 7) is 3.27. The lowest BCUT2D eigenvalue weighted by Crippen LogP contribution is -2.32. The quantitative estimate of drug-likeness (QED) is 0.354. The summed E-state index contributed by atoms with van der Waals surface area (Å²) < 4.78 is 11.8. The molecule has 0 saturated heterocycles. The van der Waals surface area contributed by atoms with Crippen molar-refractivity contribution in [3.8, 4) is 11.5 Å². The van der Waals surface area contributed by atoms with Crippen molar-refractivity contribution in [1.29, 1.82) is 0 Å². The number of benzene rings is 2. The number of ether oxygens (including phenoxy) is 2. The van der Waals surface area contributed by atoms with Crippen LogP contribution in [0, 0.1) is 6.92 Å². The van der Waals surface area contributed by atoms with Crippen molar-refractivity contribution in [2.75, 3.05) is 24.9 Å². The summed E-state index contributed by atoms with van der Waals surface area (Å²) in [5, 5.41) is 6.27. The number of hydrogen-bond acceptors (Lipinski definition) is 7. The predicted octanol–water partition coefficient (Wildman–Crippen LogP) is 4.89. The van der Waals surface area contributed by atoms with Gasteiger partial charge in [-0.3, -0.25) is 19.0 Å². The Labute approximate surface area is 215 Å². The number of nitrogens with zero attached hydrogens (tertiary/aromatic N) is 2. The molecule has 4 rings (SSSR count). The van der Waals surface area contributed by atoms with Gasteiger partial charge in [-0.1, -0.05) is 23.7 Å². The summed E-state index contributed by atoms with van der Waals surface area (Å²) in [4.78, 5) is 44.5. The summed E-state index contributed by atoms with van der Waals surface area (Å²) in [5.41, 5.74) is 0.948. The van der Waals surface area contributed by atoms with E-state index in [1.807, 2.05) is 0 Å². The molecule has 9 nitrogen and oxygen atoms in total. The van der Waals surface area contributed by atoms with E-state index >= 15 is 0 Å². The fraction of sp³-hybridized carbons (Fsp3) is 0.200. The van der Waals surface area contributed by atoms with Crippen molar-refractivity contribution in [2.24, 2.45) is 0 Å². The van der Waals surface area contributed by atoms with Crippen molar-refractivity contribution in [3.05, 3.63) is 74.6 Å². The Bertz CT molecular complexity index is 1530. The minimum absolute atomic E-state index is 0.285. The zero-order chi connectivity index (χ0) is 26.0. The van der Waals surface area contributed by atoms with Crippen molar-refractivity contribution >= 4 is 56.3 Å². The fourth-order valence-corrected chi connectivity index (χ4v) is 4.90. The van der Waals surface area contributed by atoms with Crippen LogP contribution in [0.1, 0.15) is 28.2 Å². The second kappa shape index (κ2) is 10.4. The highest BCUT2D eigenvalue weighted by Crippen LogP contribution is 2.31. The Morgan fingerprint density at radius 2 is 1.75 bits per heavy atom. The largest absolute Gasteiger partial charge is 0.495 e. The van der Waals surface area contributed by atoms with Crippen LogP contribution in [0.4, 0.5) is 11.4 Å². The van der Waals surface area contributed by atoms with Gasteiger partial charge in [0.25, 0.3) is 11.5 Å². The molecule has 0 fully saturated rings. The molecule has 2 aromatic heterocycles. The first-order valence-electron chi connectivity index (χ1n) is 10.8. The van der Waals surface area contributed by atoms with E-state index in [1.54, 1.807) is 56.3 Å². The highest BCUT2D eigenvalue weighted by Gasteiger charge is 2.24. The third kappa shape index (κ3) is 4.77. The SMILES string of the molecule is COc1ccccc1NC(=O)c1sc2ncn(C(C)C(=O)Nc3cc(Cl)ccc3OC)c(=O)c2c1C. The number of hydrogen-bond donors (Lipinski definition) is 2. The van der Waals surface area contributed by atoms with E-state index in [9.17, 15) is 14.4 Å². The van der Waals surface area contributed by atoms with Crippen LogP contribution in [-0.2, 0) is 4.79 Å². The van der Waals surface area contributed by atoms with Gasteiger partial charge in [0.2, 0.25) is 5.91 Å². The summed E-state index contributed by atoms with van der Waals surface area (Å²) in [6, 6.07) is 11.0. The number of rotatable bonds is 7. The van der Waals surface area contributed by atoms with Gasteiger partial charge in [0.1, 0.15) is 22.4 Å². The molecule has 11 heteroatoms. The Morgan fingerprint density at radius 1 is 1.06 bits per heavy atom. The average Bonchev–Trinajstić information content (AvgIpc) is 3.21. The molecule has 2 N–H and O–H groups in total. The smallest absolute Gasteiger partial charge is 0.266 e. The lowest BCUT2D eigenvalue weighted by atomic mass is 10.2. The number of nitrogens with one attached hydrogen (secondary N) is 2. The van der Waals surface area contributed by atoms with Crippen LogP contribution in [0.2, 0.25) is 5.02 Å². The standard InChI is InChI=1S/C25H23ClN4O5S/c1-13-20-24(36-21(13)23(32)28-16-7-5-6-8-18(16)34-3)27-12-30(25(20)33)14(2)22(31)29-17-11-15(26)9-10-19(17)35-4/h5-12,14H,1-4H3,(H,28,32)(H,29,31). The second-order valence-electron chi connectivity index (χ2n) is 7.86. The normalized spacial score (nSPS) is 11.7. The van der Waals surface area contributed by atoms with E-state index in [-0.39, 0.29) is 11.3 Å². The number of amides is 2. The number of aromatic nitrogens is 2. The van der Waals surface area contributed by atoms with Gasteiger partial charge in [-0.05, 0) is 49.7 Å². The third-order valence-corrected chi connectivity index (χ3v) is 7.09. The zero-order valence-electron chi connectivity index (χ0n) is 19.9. The number of methoxy groups -OCH3 is 2. The molecule has 2 amide bonds. The van der Waals surface area contributed by atoms with Crippen molar-refractivity contribution in [3.63, 3.8) is 0 Å². The van der Waals surface area contributed by atoms with E-state index in [4.69, 9.17) is 21.1 Å². The Kier molecular flexibility index (Phi) is 7.27. The number of thiophene rings is 1. The molecule has 1 unspecified atom stereocenters. The molecule has 1 atom stereocenters. The van der Waals surface area contributed by atoms with E-state index in [2.05, 4.69) is 15.6 Å². The molecule has 0 aliphatic carbocycles. The Morgan fingerprint density at radius 3 is 2.47 bits per heavy atom. The highest BCUT2D eigenvalue weighted by atomic mass is 35.5. The Hall–Kier alpha value is -3.89. The van der Waals surface area contributed by atoms with Gasteiger partial charge in [0.15, 0.2) is 0 Å². The number of anilines is 2. The first-order chi connectivity index (χ1) is 17.2. The first kappa shape index (κ1) is 25.2. The van der Waals surface area contributed by atoms with Crippen molar-refractivity contribution in [2.45, 2.75) is 19.9 Å². The molecule has 186 valence electrons. The number of carbonyl (C=O) groups is 2. The number of halogens is 1. The molecular formula is C25H23ClN4O5S. The topological polar surface area (TPSA) is 112 Å². The molecule has 0 spiro atoms. The maximum atomic E-state index is 13.4. The van der Waals surface area contributed by atoms with Gasteiger partial charge >= 0.3 is 0 Å². The molecule has 0 bridgehead atoms. The molecule has 2 heterocycles. The number of para-hydroxylation sites is 2. The summed E-state index contributed by atoms with van der Waals surface area (Å²) >= 11 is 7.15. The molecule has 2 aromatic carbocycles. The predicted molar refractivity (Wildman–Crippen MR) is 141 cm³/mol. The van der Waals surface area contributed by atoms with E-state index in [0.717, 1.165) is 11.3 Å². The van der Waals surface area contributed by atoms with Crippen LogP contribution >= 0.6 is 22.9 Å². The van der Waals surface area contributed by atoms with Crippen LogP contribution in [-0.4, -0.2) is 35.6 Å². The fourth-order valence-electron chi connectivity index (χ4n) is 3.70. The average molecular weight is 527 g/mol. The van der Waals surface area contributed by atoms with Gasteiger partial charge in [0.05, 0.1) is 42.2 Å². The van der Waals surface area contributed by atoms with Crippen molar-refractivity contribution in [1.82, 2.24) is 9.55 Å². The van der Waals surface area contributed by atoms with Crippen LogP contribution in [0.5, 0.6) is 11.5 Å². The Balaban J connectivity index is 1.64. The van der Waals surface area contributed by atoms with Gasteiger partial charge in [-0.2, -0.15) is 0 Å². The molecule has 0 aliphatic rings. The van der Waals surface area contributed by atoms with Gasteiger partial charge in [-0.25, -0.2) is 4.98 Å². The summed E-state index contributed by atoms with van der Waals surface area (Å²) in [5.74, 6) is 0.104. The van der Waals surface area contributed by atoms with Crippen LogP contribution in [0.15, 0.2) is 53.6 Å². The van der Waals surface area contributed by atoms with Crippen LogP contribution in [0.25, 0.3) is 10.2 Å². The maximum absolute atomic E-state index is 13.4. The van der Waals surface area contributed by atoms with Crippen LogP contribution in [0.3, 0.4) is 0 Å². The molecular weight excluding hydrogens is 504 g/mol. The molecule has 4 aromatic rings. The molecule has 0 saturated carbocycles. The zero-order valence-corrected chi connectivity index (χ0v) is 21.5. The first-order valence-corrected chi connectivity index (χ1v) is 12.0. The maximum Gasteiger partial charge on any atom is 0.266 e. The van der Waals surface area contributed by atoms with Crippen LogP contribution < -0.4 is 25.7 Å². The second-order valence-corrected chi connectivity index (χ2v) is 9.29. The lowest BCUT2D eigenvalue weighted by Gasteiger charge is -2.16. The molecule has 0 radical (unpaired) electrons. The lowest BCUT2D eigenvalue weighted by molar-refractivity contribution is -0.118. The minimum Gasteiger partial charge on any atom is -0.495 e. The number of fused-ring (bicyclic) bond motifs is 1. The molecule has 36 heavy (non-hydrogen) atoms. The van der Waals surface area contributed by atoms with Crippen molar-refractivity contribution < 1.29 is 19.1 Å². The summed E-state index contributed by atoms with van der Waals surface area (Å²) in [7, 11) is 2.99. The third-order valence-electron chi connectivity index (χ3n) is 5.65. The van der Waals surface area contributed by atoms with E-state index < -0.39 is 17.5 Å². The van der Waals surface area contributed by atoms with E-state index in [1.165, 1.54) is 25.1 Å². The van der Waals surface area contributed by atoms with Gasteiger partial charge in [0, 0.05) is 5.02 Å². The number of aryl methyl sites for hydroxylation is 1. The number of carbonyl (C=O) groups excluding carboxylic acids is 2. The highest BCUT2D eigenvalue weighted by molar-refractivity contribution is 7.20. The summed E-state index contributed by atoms with van der Waals surface area (Å²) in [6.07, 6.45) is 1.31. The van der Waals surface area contributed by atoms with Gasteiger partial charge in [-0.15, -0.1) is 11.3 Å². The van der Waals surface area contributed by atoms with Gasteiger partial charge < -0.3 is 20.1 Å².